The van der Waals surface area contributed by atoms with Crippen LogP contribution in [0.4, 0.5) is 4.79 Å². The van der Waals surface area contributed by atoms with Gasteiger partial charge in [-0.2, -0.15) is 0 Å². The summed E-state index contributed by atoms with van der Waals surface area (Å²) in [4.78, 5) is 25.3. The summed E-state index contributed by atoms with van der Waals surface area (Å²) in [6, 6.07) is 9.47. The highest BCUT2D eigenvalue weighted by molar-refractivity contribution is 7.91. The largest absolute Gasteiger partial charge is 0.466 e. The van der Waals surface area contributed by atoms with Gasteiger partial charge in [0.1, 0.15) is 0 Å². The van der Waals surface area contributed by atoms with E-state index >= 15 is 0 Å². The predicted octanol–water partition coefficient (Wildman–Crippen LogP) is 3.18. The van der Waals surface area contributed by atoms with Crippen molar-refractivity contribution in [2.75, 3.05) is 12.9 Å². The lowest BCUT2D eigenvalue weighted by Crippen LogP contribution is -2.47. The zero-order valence-electron chi connectivity index (χ0n) is 18.2. The van der Waals surface area contributed by atoms with E-state index in [1.165, 1.54) is 7.11 Å². The first-order valence-electron chi connectivity index (χ1n) is 9.79. The highest BCUT2D eigenvalue weighted by Gasteiger charge is 2.36. The number of ether oxygens (including phenoxy) is 1. The fraction of sp³-hybridized carbons (Fsp3) is 0.304. The molecule has 0 aromatic heterocycles. The van der Waals surface area contributed by atoms with Crippen LogP contribution in [0.15, 0.2) is 52.6 Å². The molecule has 2 N–H and O–H groups in total. The molecule has 0 saturated carbocycles. The average molecular weight is 443 g/mol. The Labute approximate surface area is 182 Å². The van der Waals surface area contributed by atoms with Crippen LogP contribution in [0.5, 0.6) is 0 Å². The normalized spacial score (nSPS) is 16.5. The Morgan fingerprint density at radius 3 is 2.13 bits per heavy atom. The molecule has 7 nitrogen and oxygen atoms in total. The molecular weight excluding hydrogens is 416 g/mol. The van der Waals surface area contributed by atoms with Gasteiger partial charge in [-0.15, -0.1) is 0 Å². The number of sulfone groups is 1. The van der Waals surface area contributed by atoms with Gasteiger partial charge in [0.25, 0.3) is 0 Å². The molecule has 1 heterocycles. The van der Waals surface area contributed by atoms with Gasteiger partial charge in [-0.3, -0.25) is 0 Å². The zero-order valence-corrected chi connectivity index (χ0v) is 19.0. The van der Waals surface area contributed by atoms with Crippen molar-refractivity contribution in [3.8, 4) is 0 Å². The van der Waals surface area contributed by atoms with Gasteiger partial charge >= 0.3 is 12.0 Å². The number of hydrogen-bond acceptors (Lipinski definition) is 5. The molecule has 164 valence electrons. The van der Waals surface area contributed by atoms with Crippen LogP contribution in [0.25, 0.3) is 0 Å². The highest BCUT2D eigenvalue weighted by Crippen LogP contribution is 2.31. The molecule has 0 unspecified atom stereocenters. The van der Waals surface area contributed by atoms with Gasteiger partial charge < -0.3 is 15.4 Å². The molecule has 1 aliphatic rings. The first-order chi connectivity index (χ1) is 14.5. The molecule has 8 heteroatoms. The van der Waals surface area contributed by atoms with E-state index in [1.807, 2.05) is 26.0 Å². The van der Waals surface area contributed by atoms with Crippen molar-refractivity contribution in [3.05, 3.63) is 75.5 Å². The molecule has 0 fully saturated rings. The Bertz CT molecular complexity index is 1160. The summed E-state index contributed by atoms with van der Waals surface area (Å²) in [5, 5.41) is 5.22. The molecule has 3 rings (SSSR count). The summed E-state index contributed by atoms with van der Waals surface area (Å²) in [5.41, 5.74) is 3.94. The number of esters is 1. The Hall–Kier alpha value is -3.13. The number of methoxy groups -OCH3 is 1. The maximum absolute atomic E-state index is 13.3. The van der Waals surface area contributed by atoms with Gasteiger partial charge in [-0.25, -0.2) is 18.0 Å². The lowest BCUT2D eigenvalue weighted by molar-refractivity contribution is -0.136. The van der Waals surface area contributed by atoms with Crippen LogP contribution in [0.2, 0.25) is 0 Å². The van der Waals surface area contributed by atoms with E-state index in [0.717, 1.165) is 11.1 Å². The van der Waals surface area contributed by atoms with E-state index in [2.05, 4.69) is 10.6 Å². The highest BCUT2D eigenvalue weighted by atomic mass is 32.2. The molecule has 2 aromatic carbocycles. The topological polar surface area (TPSA) is 102 Å². The second-order valence-electron chi connectivity index (χ2n) is 7.81. The second kappa shape index (κ2) is 8.55. The molecule has 31 heavy (non-hydrogen) atoms. The fourth-order valence-electron chi connectivity index (χ4n) is 4.01. The minimum atomic E-state index is -3.86. The summed E-state index contributed by atoms with van der Waals surface area (Å²) in [5.74, 6) is -1.24. The average Bonchev–Trinajstić information content (AvgIpc) is 2.66. The van der Waals surface area contributed by atoms with Gasteiger partial charge in [-0.05, 0) is 44.4 Å². The van der Waals surface area contributed by atoms with Gasteiger partial charge in [0, 0.05) is 5.70 Å². The Kier molecular flexibility index (Phi) is 6.22. The third-order valence-corrected chi connectivity index (χ3v) is 7.15. The van der Waals surface area contributed by atoms with Crippen LogP contribution < -0.4 is 10.6 Å². The van der Waals surface area contributed by atoms with E-state index < -0.39 is 33.6 Å². The SMILES string of the molecule is COC(=O)C1=C(CS(=O)(=O)c2c(C)cc(C)cc2C)NC(=O)N[C@@H]1c1ccc(C)cc1. The quantitative estimate of drug-likeness (QED) is 0.693. The van der Waals surface area contributed by atoms with Crippen molar-refractivity contribution in [2.45, 2.75) is 38.6 Å². The number of carbonyl (C=O) groups excluding carboxylic acids is 2. The number of urea groups is 1. The number of carbonyl (C=O) groups is 2. The number of aryl methyl sites for hydroxylation is 4. The monoisotopic (exact) mass is 442 g/mol. The number of rotatable bonds is 5. The zero-order chi connectivity index (χ0) is 22.9. The molecular formula is C23H26N2O5S. The first kappa shape index (κ1) is 22.6. The van der Waals surface area contributed by atoms with Crippen molar-refractivity contribution < 1.29 is 22.7 Å². The van der Waals surface area contributed by atoms with Crippen LogP contribution in [0.3, 0.4) is 0 Å². The fourth-order valence-corrected chi connectivity index (χ4v) is 5.86. The van der Waals surface area contributed by atoms with E-state index in [9.17, 15) is 18.0 Å². The predicted molar refractivity (Wildman–Crippen MR) is 117 cm³/mol. The van der Waals surface area contributed by atoms with E-state index in [1.54, 1.807) is 38.1 Å². The third kappa shape index (κ3) is 4.64. The number of benzene rings is 2. The lowest BCUT2D eigenvalue weighted by atomic mass is 9.95. The van der Waals surface area contributed by atoms with Crippen LogP contribution in [0.1, 0.15) is 33.9 Å². The van der Waals surface area contributed by atoms with Gasteiger partial charge in [0.05, 0.1) is 29.4 Å². The molecule has 0 aliphatic carbocycles. The molecule has 2 amide bonds. The van der Waals surface area contributed by atoms with Crippen LogP contribution in [-0.2, 0) is 19.4 Å². The van der Waals surface area contributed by atoms with Crippen molar-refractivity contribution >= 4 is 21.8 Å². The summed E-state index contributed by atoms with van der Waals surface area (Å²) in [6.07, 6.45) is 0. The van der Waals surface area contributed by atoms with Crippen LogP contribution >= 0.6 is 0 Å². The van der Waals surface area contributed by atoms with Crippen molar-refractivity contribution in [3.63, 3.8) is 0 Å². The van der Waals surface area contributed by atoms with Crippen molar-refractivity contribution in [2.24, 2.45) is 0 Å². The number of amides is 2. The Morgan fingerprint density at radius 1 is 1.00 bits per heavy atom. The van der Waals surface area contributed by atoms with E-state index in [0.29, 0.717) is 16.7 Å². The summed E-state index contributed by atoms with van der Waals surface area (Å²) < 4.78 is 31.6. The maximum atomic E-state index is 13.3. The first-order valence-corrected chi connectivity index (χ1v) is 11.4. The van der Waals surface area contributed by atoms with E-state index in [-0.39, 0.29) is 16.2 Å². The van der Waals surface area contributed by atoms with Crippen molar-refractivity contribution in [1.29, 1.82) is 0 Å². The van der Waals surface area contributed by atoms with Crippen LogP contribution in [-0.4, -0.2) is 33.3 Å². The van der Waals surface area contributed by atoms with Gasteiger partial charge in [0.2, 0.25) is 0 Å². The lowest BCUT2D eigenvalue weighted by Gasteiger charge is -2.29. The summed E-state index contributed by atoms with van der Waals surface area (Å²) in [6.45, 7) is 7.29. The molecule has 0 spiro atoms. The molecule has 0 saturated heterocycles. The molecule has 1 atom stereocenters. The Morgan fingerprint density at radius 2 is 1.58 bits per heavy atom. The summed E-state index contributed by atoms with van der Waals surface area (Å²) in [7, 11) is -2.64. The smallest absolute Gasteiger partial charge is 0.338 e. The number of nitrogens with one attached hydrogen (secondary N) is 2. The summed E-state index contributed by atoms with van der Waals surface area (Å²) >= 11 is 0. The van der Waals surface area contributed by atoms with Crippen molar-refractivity contribution in [1.82, 2.24) is 10.6 Å². The minimum absolute atomic E-state index is 0.0144. The van der Waals surface area contributed by atoms with E-state index in [4.69, 9.17) is 4.74 Å². The third-order valence-electron chi connectivity index (χ3n) is 5.22. The molecule has 0 bridgehead atoms. The molecule has 0 radical (unpaired) electrons. The second-order valence-corrected chi connectivity index (χ2v) is 9.74. The van der Waals surface area contributed by atoms with Crippen LogP contribution in [0, 0.1) is 27.7 Å². The van der Waals surface area contributed by atoms with Gasteiger partial charge in [0.15, 0.2) is 9.84 Å². The Balaban J connectivity index is 2.14. The minimum Gasteiger partial charge on any atom is -0.466 e. The standard InChI is InChI=1S/C23H26N2O5S/c1-13-6-8-17(9-7-13)20-19(22(26)30-5)18(24-23(27)25-20)12-31(28,29)21-15(3)10-14(2)11-16(21)4/h6-11,20H,12H2,1-5H3,(H2,24,25,27)/t20-/m1/s1. The maximum Gasteiger partial charge on any atom is 0.338 e. The molecule has 2 aromatic rings. The number of hydrogen-bond donors (Lipinski definition) is 2. The van der Waals surface area contributed by atoms with Gasteiger partial charge in [-0.1, -0.05) is 47.5 Å². The molecule has 1 aliphatic heterocycles.